The van der Waals surface area contributed by atoms with E-state index >= 15 is 0 Å². The summed E-state index contributed by atoms with van der Waals surface area (Å²) in [4.78, 5) is 0. The van der Waals surface area contributed by atoms with Crippen LogP contribution in [0.5, 0.6) is 0 Å². The fourth-order valence-corrected chi connectivity index (χ4v) is 0.500. The van der Waals surface area contributed by atoms with E-state index in [1.165, 1.54) is 25.7 Å². The van der Waals surface area contributed by atoms with E-state index < -0.39 is 0 Å². The Bertz CT molecular complexity index is 30.5. The Balaban J connectivity index is -0.000000109. The van der Waals surface area contributed by atoms with Gasteiger partial charge in [0.25, 0.3) is 0 Å². The van der Waals surface area contributed by atoms with E-state index in [0.717, 1.165) is 0 Å². The summed E-state index contributed by atoms with van der Waals surface area (Å²) in [7, 11) is 0. The third-order valence-corrected chi connectivity index (χ3v) is 0.957. The van der Waals surface area contributed by atoms with Gasteiger partial charge in [-0.2, -0.15) is 0 Å². The summed E-state index contributed by atoms with van der Waals surface area (Å²) in [5.74, 6) is 0. The summed E-state index contributed by atoms with van der Waals surface area (Å²) in [6.45, 7) is 4.46. The van der Waals surface area contributed by atoms with Gasteiger partial charge in [0.2, 0.25) is 0 Å². The molecule has 0 aromatic heterocycles. The molecule has 0 saturated heterocycles. The average Bonchev–Trinajstić information content (AvgIpc) is 1.88. The molecule has 0 aliphatic heterocycles. The van der Waals surface area contributed by atoms with Crippen molar-refractivity contribution in [3.05, 3.63) is 0 Å². The minimum atomic E-state index is 0. The molecule has 0 aliphatic rings. The van der Waals surface area contributed by atoms with Crippen LogP contribution in [0.4, 0.5) is 0 Å². The zero-order chi connectivity index (χ0) is 6.83. The Hall–Kier alpha value is -0.440. The van der Waals surface area contributed by atoms with Crippen LogP contribution in [0.1, 0.15) is 47.0 Å². The van der Waals surface area contributed by atoms with Crippen molar-refractivity contribution in [3.8, 4) is 12.8 Å². The normalized spacial score (nSPS) is 6.22. The van der Waals surface area contributed by atoms with Crippen molar-refractivity contribution < 1.29 is 0 Å². The lowest BCUT2D eigenvalue weighted by Crippen LogP contribution is -1.66. The molecule has 0 rings (SSSR count). The van der Waals surface area contributed by atoms with Gasteiger partial charge < -0.3 is 0 Å². The van der Waals surface area contributed by atoms with Crippen molar-refractivity contribution in [1.29, 1.82) is 0 Å². The lowest BCUT2D eigenvalue weighted by atomic mass is 10.2. The van der Waals surface area contributed by atoms with Crippen LogP contribution < -0.4 is 0 Å². The third kappa shape index (κ3) is 35.7. The van der Waals surface area contributed by atoms with Gasteiger partial charge in [-0.05, 0) is 0 Å². The number of hydrogen-bond acceptors (Lipinski definition) is 0. The molecule has 0 radical (unpaired) electrons. The van der Waals surface area contributed by atoms with Crippen LogP contribution in [-0.4, -0.2) is 0 Å². The van der Waals surface area contributed by atoms with E-state index in [0.29, 0.717) is 0 Å². The van der Waals surface area contributed by atoms with E-state index in [9.17, 15) is 0 Å². The Morgan fingerprint density at radius 2 is 1.11 bits per heavy atom. The van der Waals surface area contributed by atoms with E-state index in [-0.39, 0.29) is 7.43 Å². The zero-order valence-electron chi connectivity index (χ0n) is 5.98. The van der Waals surface area contributed by atoms with Crippen molar-refractivity contribution >= 4 is 0 Å². The molecule has 0 heteroatoms. The highest BCUT2D eigenvalue weighted by atomic mass is 13.8. The molecule has 0 nitrogen and oxygen atoms in total. The summed E-state index contributed by atoms with van der Waals surface area (Å²) in [5, 5.41) is 0. The first-order valence-electron chi connectivity index (χ1n) is 3.25. The van der Waals surface area contributed by atoms with Crippen LogP contribution in [0.15, 0.2) is 0 Å². The molecule has 56 valence electrons. The fourth-order valence-electron chi connectivity index (χ4n) is 0.500. The Labute approximate surface area is 60.7 Å². The quantitative estimate of drug-likeness (QED) is 0.403. The first-order chi connectivity index (χ1) is 3.91. The molecular formula is C9H20. The van der Waals surface area contributed by atoms with Gasteiger partial charge in [0, 0.05) is 0 Å². The van der Waals surface area contributed by atoms with Gasteiger partial charge in [0.05, 0.1) is 0 Å². The Kier molecular flexibility index (Phi) is 45.1. The largest absolute Gasteiger partial charge is 0.124 e. The minimum Gasteiger partial charge on any atom is -0.124 e. The molecule has 0 aromatic rings. The summed E-state index contributed by atoms with van der Waals surface area (Å²) in [6, 6.07) is 0. The van der Waals surface area contributed by atoms with Crippen molar-refractivity contribution in [2.75, 3.05) is 0 Å². The van der Waals surface area contributed by atoms with Crippen LogP contribution in [-0.2, 0) is 0 Å². The summed E-state index contributed by atoms with van der Waals surface area (Å²) >= 11 is 0. The van der Waals surface area contributed by atoms with Crippen molar-refractivity contribution in [2.45, 2.75) is 47.0 Å². The lowest BCUT2D eigenvalue weighted by Gasteiger charge is -1.86. The van der Waals surface area contributed by atoms with Gasteiger partial charge in [0.1, 0.15) is 0 Å². The van der Waals surface area contributed by atoms with Crippen LogP contribution in [0.2, 0.25) is 0 Å². The maximum Gasteiger partial charge on any atom is -0.0536 e. The van der Waals surface area contributed by atoms with Crippen LogP contribution in [0, 0.1) is 12.8 Å². The smallest absolute Gasteiger partial charge is 0.0536 e. The second-order valence-corrected chi connectivity index (χ2v) is 1.71. The monoisotopic (exact) mass is 128 g/mol. The molecule has 0 aliphatic carbocycles. The molecule has 0 amide bonds. The summed E-state index contributed by atoms with van der Waals surface area (Å²) in [5.41, 5.74) is 0. The Morgan fingerprint density at radius 3 is 1.22 bits per heavy atom. The van der Waals surface area contributed by atoms with Gasteiger partial charge in [-0.1, -0.05) is 47.0 Å². The molecule has 0 fully saturated rings. The standard InChI is InChI=1S/C6H14.C2H2.CH4/c1-3-5-6-4-2;1-2;/h3-6H2,1-2H3;1-2H;1H4. The maximum atomic E-state index is 4.00. The molecule has 0 bridgehead atoms. The molecule has 9 heavy (non-hydrogen) atoms. The molecule has 0 unspecified atom stereocenters. The predicted molar refractivity (Wildman–Crippen MR) is 46.4 cm³/mol. The van der Waals surface area contributed by atoms with E-state index in [1.807, 2.05) is 0 Å². The summed E-state index contributed by atoms with van der Waals surface area (Å²) < 4.78 is 0. The average molecular weight is 128 g/mol. The van der Waals surface area contributed by atoms with Gasteiger partial charge in [-0.3, -0.25) is 0 Å². The number of unbranched alkanes of at least 4 members (excludes halogenated alkanes) is 3. The minimum absolute atomic E-state index is 0. The highest BCUT2D eigenvalue weighted by Gasteiger charge is 1.75. The van der Waals surface area contributed by atoms with Crippen LogP contribution in [0.3, 0.4) is 0 Å². The first-order valence-corrected chi connectivity index (χ1v) is 3.25. The molecule has 0 heterocycles. The molecule has 0 N–H and O–H groups in total. The highest BCUT2D eigenvalue weighted by Crippen LogP contribution is 1.95. The van der Waals surface area contributed by atoms with E-state index in [2.05, 4.69) is 26.7 Å². The van der Waals surface area contributed by atoms with Gasteiger partial charge >= 0.3 is 0 Å². The van der Waals surface area contributed by atoms with Gasteiger partial charge in [-0.15, -0.1) is 12.8 Å². The molecule has 0 aromatic carbocycles. The molecule has 0 spiro atoms. The van der Waals surface area contributed by atoms with Gasteiger partial charge in [-0.25, -0.2) is 0 Å². The van der Waals surface area contributed by atoms with Crippen molar-refractivity contribution in [3.63, 3.8) is 0 Å². The molecule has 0 atom stereocenters. The first kappa shape index (κ1) is 15.8. The topological polar surface area (TPSA) is 0 Å². The highest BCUT2D eigenvalue weighted by molar-refractivity contribution is 4.47. The zero-order valence-corrected chi connectivity index (χ0v) is 5.98. The fraction of sp³-hybridized carbons (Fsp3) is 0.778. The second-order valence-electron chi connectivity index (χ2n) is 1.71. The van der Waals surface area contributed by atoms with Gasteiger partial charge in [0.15, 0.2) is 0 Å². The number of hydrogen-bond donors (Lipinski definition) is 0. The van der Waals surface area contributed by atoms with Crippen LogP contribution in [0.25, 0.3) is 0 Å². The maximum absolute atomic E-state index is 4.00. The molecular weight excluding hydrogens is 108 g/mol. The summed E-state index contributed by atoms with van der Waals surface area (Å²) in [6.07, 6.45) is 13.5. The molecule has 0 saturated carbocycles. The van der Waals surface area contributed by atoms with Crippen molar-refractivity contribution in [2.24, 2.45) is 0 Å². The van der Waals surface area contributed by atoms with Crippen LogP contribution >= 0.6 is 0 Å². The lowest BCUT2D eigenvalue weighted by molar-refractivity contribution is 0.702. The predicted octanol–water partition coefficient (Wildman–Crippen LogP) is 3.47. The Morgan fingerprint density at radius 1 is 0.889 bits per heavy atom. The second kappa shape index (κ2) is 25.7. The SMILES string of the molecule is C.C#C.CCCCCC. The van der Waals surface area contributed by atoms with E-state index in [4.69, 9.17) is 0 Å². The van der Waals surface area contributed by atoms with E-state index in [1.54, 1.807) is 0 Å². The third-order valence-electron chi connectivity index (χ3n) is 0.957. The number of rotatable bonds is 3. The van der Waals surface area contributed by atoms with Crippen molar-refractivity contribution in [1.82, 2.24) is 0 Å². The number of terminal acetylenes is 1.